The van der Waals surface area contributed by atoms with Crippen LogP contribution in [0.15, 0.2) is 6.20 Å². The van der Waals surface area contributed by atoms with Crippen molar-refractivity contribution in [2.24, 2.45) is 0 Å². The van der Waals surface area contributed by atoms with Gasteiger partial charge in [0.25, 0.3) is 0 Å². The van der Waals surface area contributed by atoms with Crippen LogP contribution in [-0.2, 0) is 4.79 Å². The van der Waals surface area contributed by atoms with Gasteiger partial charge < -0.3 is 9.80 Å². The SMILES string of the molecule is CCN1CCC(=O)N(C)c2cnc(Cl)nc21. The molecule has 0 spiro atoms. The third kappa shape index (κ3) is 1.82. The standard InChI is InChI=1S/C10H13ClN4O/c1-3-15-5-4-8(16)14(2)7-6-12-10(11)13-9(7)15/h6H,3-5H2,1-2H3. The fraction of sp³-hybridized carbons (Fsp3) is 0.500. The molecule has 16 heavy (non-hydrogen) atoms. The number of hydrogen-bond acceptors (Lipinski definition) is 4. The van der Waals surface area contributed by atoms with Gasteiger partial charge in [-0.15, -0.1) is 0 Å². The Kier molecular flexibility index (Phi) is 2.96. The van der Waals surface area contributed by atoms with E-state index in [0.29, 0.717) is 18.7 Å². The van der Waals surface area contributed by atoms with Crippen LogP contribution in [0.2, 0.25) is 5.28 Å². The Bertz CT molecular complexity index is 423. The summed E-state index contributed by atoms with van der Waals surface area (Å²) in [6.07, 6.45) is 2.08. The highest BCUT2D eigenvalue weighted by Crippen LogP contribution is 2.29. The minimum Gasteiger partial charge on any atom is -0.355 e. The number of rotatable bonds is 1. The van der Waals surface area contributed by atoms with E-state index in [1.165, 1.54) is 0 Å². The predicted octanol–water partition coefficient (Wildman–Crippen LogP) is 1.32. The summed E-state index contributed by atoms with van der Waals surface area (Å²) >= 11 is 5.78. The Morgan fingerprint density at radius 2 is 2.31 bits per heavy atom. The lowest BCUT2D eigenvalue weighted by molar-refractivity contribution is -0.118. The highest BCUT2D eigenvalue weighted by molar-refractivity contribution is 6.28. The van der Waals surface area contributed by atoms with Gasteiger partial charge >= 0.3 is 0 Å². The first kappa shape index (κ1) is 11.1. The molecule has 0 radical (unpaired) electrons. The molecule has 0 aliphatic carbocycles. The van der Waals surface area contributed by atoms with E-state index in [1.54, 1.807) is 18.1 Å². The second-order valence-electron chi connectivity index (χ2n) is 3.63. The van der Waals surface area contributed by atoms with Crippen LogP contribution in [0.3, 0.4) is 0 Å². The maximum Gasteiger partial charge on any atom is 0.228 e. The lowest BCUT2D eigenvalue weighted by atomic mass is 10.3. The minimum atomic E-state index is 0.0723. The average Bonchev–Trinajstić information content (AvgIpc) is 2.39. The first-order valence-electron chi connectivity index (χ1n) is 5.17. The molecular weight excluding hydrogens is 228 g/mol. The Morgan fingerprint density at radius 1 is 1.56 bits per heavy atom. The smallest absolute Gasteiger partial charge is 0.228 e. The van der Waals surface area contributed by atoms with E-state index < -0.39 is 0 Å². The number of fused-ring (bicyclic) bond motifs is 1. The lowest BCUT2D eigenvalue weighted by Crippen LogP contribution is -2.26. The zero-order valence-electron chi connectivity index (χ0n) is 9.27. The van der Waals surface area contributed by atoms with Gasteiger partial charge in [-0.1, -0.05) is 0 Å². The molecule has 2 heterocycles. The molecule has 2 rings (SSSR count). The fourth-order valence-corrected chi connectivity index (χ4v) is 1.89. The summed E-state index contributed by atoms with van der Waals surface area (Å²) in [6, 6.07) is 0. The van der Waals surface area contributed by atoms with Crippen molar-refractivity contribution < 1.29 is 4.79 Å². The maximum absolute atomic E-state index is 11.7. The number of carbonyl (C=O) groups is 1. The van der Waals surface area contributed by atoms with Crippen molar-refractivity contribution in [1.29, 1.82) is 0 Å². The van der Waals surface area contributed by atoms with E-state index in [4.69, 9.17) is 11.6 Å². The summed E-state index contributed by atoms with van der Waals surface area (Å²) in [5.74, 6) is 0.805. The monoisotopic (exact) mass is 240 g/mol. The molecule has 6 heteroatoms. The second-order valence-corrected chi connectivity index (χ2v) is 3.97. The first-order valence-corrected chi connectivity index (χ1v) is 5.55. The molecule has 86 valence electrons. The molecule has 1 aliphatic rings. The molecule has 0 bridgehead atoms. The van der Waals surface area contributed by atoms with Crippen LogP contribution in [0, 0.1) is 0 Å². The molecule has 0 saturated carbocycles. The fourth-order valence-electron chi connectivity index (χ4n) is 1.76. The summed E-state index contributed by atoms with van der Waals surface area (Å²) in [6.45, 7) is 3.48. The summed E-state index contributed by atoms with van der Waals surface area (Å²) in [5, 5.41) is 0.208. The molecule has 0 saturated heterocycles. The van der Waals surface area contributed by atoms with Crippen molar-refractivity contribution in [3.05, 3.63) is 11.5 Å². The largest absolute Gasteiger partial charge is 0.355 e. The van der Waals surface area contributed by atoms with Crippen LogP contribution in [-0.4, -0.2) is 36.0 Å². The van der Waals surface area contributed by atoms with Crippen molar-refractivity contribution in [2.75, 3.05) is 29.9 Å². The van der Waals surface area contributed by atoms with Gasteiger partial charge in [0.2, 0.25) is 11.2 Å². The number of carbonyl (C=O) groups excluding carboxylic acids is 1. The quantitative estimate of drug-likeness (QED) is 0.695. The average molecular weight is 241 g/mol. The molecule has 0 atom stereocenters. The van der Waals surface area contributed by atoms with E-state index in [9.17, 15) is 4.79 Å². The third-order valence-corrected chi connectivity index (χ3v) is 2.92. The van der Waals surface area contributed by atoms with Crippen LogP contribution in [0.1, 0.15) is 13.3 Å². The van der Waals surface area contributed by atoms with Crippen LogP contribution in [0.4, 0.5) is 11.5 Å². The molecular formula is C10H13ClN4O. The molecule has 0 N–H and O–H groups in total. The second kappa shape index (κ2) is 4.25. The highest BCUT2D eigenvalue weighted by atomic mass is 35.5. The molecule has 0 aromatic carbocycles. The lowest BCUT2D eigenvalue weighted by Gasteiger charge is -2.21. The molecule has 0 fully saturated rings. The van der Waals surface area contributed by atoms with Gasteiger partial charge in [0.1, 0.15) is 5.69 Å². The number of aromatic nitrogens is 2. The Hall–Kier alpha value is -1.36. The minimum absolute atomic E-state index is 0.0723. The predicted molar refractivity (Wildman–Crippen MR) is 63.0 cm³/mol. The van der Waals surface area contributed by atoms with E-state index in [0.717, 1.165) is 12.4 Å². The number of anilines is 2. The van der Waals surface area contributed by atoms with Crippen molar-refractivity contribution in [3.63, 3.8) is 0 Å². The third-order valence-electron chi connectivity index (χ3n) is 2.73. The van der Waals surface area contributed by atoms with E-state index in [1.807, 2.05) is 11.8 Å². The van der Waals surface area contributed by atoms with Gasteiger partial charge in [-0.25, -0.2) is 4.98 Å². The van der Waals surface area contributed by atoms with Gasteiger partial charge in [-0.2, -0.15) is 4.98 Å². The van der Waals surface area contributed by atoms with Crippen LogP contribution in [0.5, 0.6) is 0 Å². The Morgan fingerprint density at radius 3 is 3.00 bits per heavy atom. The Balaban J connectivity index is 2.53. The maximum atomic E-state index is 11.7. The number of hydrogen-bond donors (Lipinski definition) is 0. The van der Waals surface area contributed by atoms with Crippen molar-refractivity contribution >= 4 is 29.0 Å². The van der Waals surface area contributed by atoms with Gasteiger partial charge in [0, 0.05) is 26.6 Å². The first-order chi connectivity index (χ1) is 7.63. The van der Waals surface area contributed by atoms with Crippen LogP contribution < -0.4 is 9.80 Å². The molecule has 1 aromatic rings. The summed E-state index contributed by atoms with van der Waals surface area (Å²) < 4.78 is 0. The summed E-state index contributed by atoms with van der Waals surface area (Å²) in [7, 11) is 1.73. The topological polar surface area (TPSA) is 49.3 Å². The van der Waals surface area contributed by atoms with Crippen molar-refractivity contribution in [3.8, 4) is 0 Å². The molecule has 5 nitrogen and oxygen atoms in total. The van der Waals surface area contributed by atoms with Crippen LogP contribution >= 0.6 is 11.6 Å². The highest BCUT2D eigenvalue weighted by Gasteiger charge is 2.24. The normalized spacial score (nSPS) is 16.1. The molecule has 1 aliphatic heterocycles. The zero-order chi connectivity index (χ0) is 11.7. The number of nitrogens with zero attached hydrogens (tertiary/aromatic N) is 4. The summed E-state index contributed by atoms with van der Waals surface area (Å²) in [5.41, 5.74) is 0.716. The van der Waals surface area contributed by atoms with Crippen LogP contribution in [0.25, 0.3) is 0 Å². The van der Waals surface area contributed by atoms with Gasteiger partial charge in [0.05, 0.1) is 6.20 Å². The van der Waals surface area contributed by atoms with Gasteiger partial charge in [0.15, 0.2) is 5.82 Å². The van der Waals surface area contributed by atoms with E-state index in [2.05, 4.69) is 9.97 Å². The Labute approximate surface area is 99.0 Å². The van der Waals surface area contributed by atoms with E-state index in [-0.39, 0.29) is 11.2 Å². The van der Waals surface area contributed by atoms with Crippen molar-refractivity contribution in [2.45, 2.75) is 13.3 Å². The molecule has 1 amide bonds. The zero-order valence-corrected chi connectivity index (χ0v) is 10.0. The number of amides is 1. The van der Waals surface area contributed by atoms with Gasteiger partial charge in [-0.3, -0.25) is 4.79 Å². The van der Waals surface area contributed by atoms with E-state index >= 15 is 0 Å². The van der Waals surface area contributed by atoms with Gasteiger partial charge in [-0.05, 0) is 18.5 Å². The molecule has 1 aromatic heterocycles. The van der Waals surface area contributed by atoms with Crippen molar-refractivity contribution in [1.82, 2.24) is 9.97 Å². The summed E-state index contributed by atoms with van der Waals surface area (Å²) in [4.78, 5) is 23.5. The number of halogens is 1. The molecule has 0 unspecified atom stereocenters.